The van der Waals surface area contributed by atoms with Crippen LogP contribution in [0.25, 0.3) is 0 Å². The zero-order valence-electron chi connectivity index (χ0n) is 21.5. The van der Waals surface area contributed by atoms with Crippen molar-refractivity contribution in [2.75, 3.05) is 11.1 Å². The van der Waals surface area contributed by atoms with Crippen LogP contribution in [-0.4, -0.2) is 23.0 Å². The molecule has 2 aromatic rings. The maximum atomic E-state index is 13.2. The Hall–Kier alpha value is -2.55. The standard InChI is InChI=1S/C30H32F6N2S/c1-18(37-24-11-9-22(10-12-24)28(29(31,32)33)30(34,35)36)27-26-14-13-25(39-17-20-7-8-20)15-23(26)16-38(27)19(2)21-5-3-4-6-21/h9-15,20-21,27-28,37H,1-8,16-17H2. The largest absolute Gasteiger partial charge is 0.404 e. The van der Waals surface area contributed by atoms with Crippen LogP contribution in [0.1, 0.15) is 67.2 Å². The van der Waals surface area contributed by atoms with Crippen molar-refractivity contribution < 1.29 is 26.3 Å². The van der Waals surface area contributed by atoms with Crippen molar-refractivity contribution >= 4 is 17.4 Å². The van der Waals surface area contributed by atoms with Crippen molar-refractivity contribution in [3.8, 4) is 0 Å². The molecule has 0 saturated heterocycles. The predicted octanol–water partition coefficient (Wildman–Crippen LogP) is 9.58. The van der Waals surface area contributed by atoms with Crippen molar-refractivity contribution in [1.29, 1.82) is 0 Å². The average Bonchev–Trinajstić information content (AvgIpc) is 3.36. The van der Waals surface area contributed by atoms with E-state index in [4.69, 9.17) is 0 Å². The summed E-state index contributed by atoms with van der Waals surface area (Å²) in [7, 11) is 0. The molecule has 2 nitrogen and oxygen atoms in total. The molecule has 1 aliphatic heterocycles. The topological polar surface area (TPSA) is 15.3 Å². The summed E-state index contributed by atoms with van der Waals surface area (Å²) in [6.07, 6.45) is -3.76. The van der Waals surface area contributed by atoms with Crippen LogP contribution in [0.4, 0.5) is 32.0 Å². The van der Waals surface area contributed by atoms with Crippen molar-refractivity contribution in [3.05, 3.63) is 83.7 Å². The Morgan fingerprint density at radius 3 is 2.15 bits per heavy atom. The maximum Gasteiger partial charge on any atom is 0.404 e. The van der Waals surface area contributed by atoms with E-state index in [1.807, 2.05) is 11.8 Å². The second kappa shape index (κ2) is 10.8. The van der Waals surface area contributed by atoms with Crippen LogP contribution in [-0.2, 0) is 6.54 Å². The van der Waals surface area contributed by atoms with Gasteiger partial charge >= 0.3 is 12.4 Å². The highest BCUT2D eigenvalue weighted by atomic mass is 32.2. The lowest BCUT2D eigenvalue weighted by atomic mass is 9.97. The second-order valence-corrected chi connectivity index (χ2v) is 12.0. The minimum absolute atomic E-state index is 0.242. The van der Waals surface area contributed by atoms with E-state index in [1.165, 1.54) is 48.3 Å². The lowest BCUT2D eigenvalue weighted by molar-refractivity contribution is -0.253. The Bertz CT molecular complexity index is 1200. The Balaban J connectivity index is 1.37. The van der Waals surface area contributed by atoms with Gasteiger partial charge < -0.3 is 10.2 Å². The van der Waals surface area contributed by atoms with Crippen LogP contribution in [0.2, 0.25) is 0 Å². The lowest BCUT2D eigenvalue weighted by Crippen LogP contribution is -2.34. The van der Waals surface area contributed by atoms with Crippen molar-refractivity contribution in [2.45, 2.75) is 74.3 Å². The molecule has 1 N–H and O–H groups in total. The van der Waals surface area contributed by atoms with Gasteiger partial charge in [-0.3, -0.25) is 0 Å². The molecule has 2 aliphatic carbocycles. The second-order valence-electron chi connectivity index (χ2n) is 10.9. The molecule has 9 heteroatoms. The molecule has 2 aromatic carbocycles. The van der Waals surface area contributed by atoms with Crippen molar-refractivity contribution in [1.82, 2.24) is 4.90 Å². The van der Waals surface area contributed by atoms with Gasteiger partial charge in [0.05, 0.1) is 6.04 Å². The molecule has 0 spiro atoms. The summed E-state index contributed by atoms with van der Waals surface area (Å²) >= 11 is 1.87. The smallest absolute Gasteiger partial charge is 0.358 e. The zero-order chi connectivity index (χ0) is 27.9. The quantitative estimate of drug-likeness (QED) is 0.240. The number of hydrogen-bond donors (Lipinski definition) is 1. The maximum absolute atomic E-state index is 13.2. The molecule has 39 heavy (non-hydrogen) atoms. The minimum atomic E-state index is -5.43. The van der Waals surface area contributed by atoms with Gasteiger partial charge in [0.1, 0.15) is 0 Å². The first kappa shape index (κ1) is 28.0. The van der Waals surface area contributed by atoms with Gasteiger partial charge in [-0.25, -0.2) is 0 Å². The number of anilines is 1. The Morgan fingerprint density at radius 1 is 0.923 bits per heavy atom. The fourth-order valence-corrected chi connectivity index (χ4v) is 6.88. The van der Waals surface area contributed by atoms with Crippen molar-refractivity contribution in [2.24, 2.45) is 11.8 Å². The van der Waals surface area contributed by atoms with E-state index in [-0.39, 0.29) is 6.04 Å². The number of alkyl halides is 6. The highest BCUT2D eigenvalue weighted by molar-refractivity contribution is 7.99. The molecule has 3 aliphatic rings. The number of nitrogens with zero attached hydrogens (tertiary/aromatic N) is 1. The Kier molecular flexibility index (Phi) is 7.74. The summed E-state index contributed by atoms with van der Waals surface area (Å²) in [6, 6.07) is 10.5. The van der Waals surface area contributed by atoms with E-state index < -0.39 is 23.8 Å². The third-order valence-electron chi connectivity index (χ3n) is 7.97. The number of halogens is 6. The third kappa shape index (κ3) is 6.28. The monoisotopic (exact) mass is 566 g/mol. The summed E-state index contributed by atoms with van der Waals surface area (Å²) in [5, 5.41) is 3.16. The normalized spacial score (nSPS) is 20.0. The molecule has 5 rings (SSSR count). The average molecular weight is 567 g/mol. The van der Waals surface area contributed by atoms with Gasteiger partial charge in [0.25, 0.3) is 0 Å². The summed E-state index contributed by atoms with van der Waals surface area (Å²) < 4.78 is 79.0. The van der Waals surface area contributed by atoms with Gasteiger partial charge in [0.15, 0.2) is 5.92 Å². The molecule has 1 atom stereocenters. The van der Waals surface area contributed by atoms with Gasteiger partial charge in [-0.2, -0.15) is 26.3 Å². The van der Waals surface area contributed by atoms with E-state index in [0.717, 1.165) is 47.9 Å². The van der Waals surface area contributed by atoms with E-state index in [1.54, 1.807) is 0 Å². The summed E-state index contributed by atoms with van der Waals surface area (Å²) in [5.74, 6) is -1.21. The van der Waals surface area contributed by atoms with Gasteiger partial charge in [0.2, 0.25) is 0 Å². The molecule has 0 amide bonds. The first-order chi connectivity index (χ1) is 18.4. The summed E-state index contributed by atoms with van der Waals surface area (Å²) in [6.45, 7) is 9.39. The SMILES string of the molecule is C=C(Nc1ccc(C(C(F)(F)F)C(F)(F)F)cc1)C1c2ccc(SCC3CC3)cc2CN1C(=C)C1CCCC1. The molecular weight excluding hydrogens is 534 g/mol. The Labute approximate surface area is 229 Å². The first-order valence-corrected chi connectivity index (χ1v) is 14.3. The van der Waals surface area contributed by atoms with Gasteiger partial charge in [-0.05, 0) is 78.5 Å². The number of benzene rings is 2. The molecule has 1 unspecified atom stereocenters. The highest BCUT2D eigenvalue weighted by Crippen LogP contribution is 2.48. The first-order valence-electron chi connectivity index (χ1n) is 13.3. The molecule has 0 bridgehead atoms. The van der Waals surface area contributed by atoms with Crippen LogP contribution in [0.3, 0.4) is 0 Å². The summed E-state index contributed by atoms with van der Waals surface area (Å²) in [4.78, 5) is 3.48. The number of nitrogens with one attached hydrogen (secondary N) is 1. The third-order valence-corrected chi connectivity index (χ3v) is 9.20. The number of hydrogen-bond acceptors (Lipinski definition) is 3. The van der Waals surface area contributed by atoms with Crippen LogP contribution in [0, 0.1) is 11.8 Å². The zero-order valence-corrected chi connectivity index (χ0v) is 22.4. The van der Waals surface area contributed by atoms with E-state index >= 15 is 0 Å². The lowest BCUT2D eigenvalue weighted by Gasteiger charge is -2.33. The van der Waals surface area contributed by atoms with Crippen LogP contribution < -0.4 is 5.32 Å². The van der Waals surface area contributed by atoms with Crippen molar-refractivity contribution in [3.63, 3.8) is 0 Å². The van der Waals surface area contributed by atoms with Gasteiger partial charge in [0, 0.05) is 34.3 Å². The number of fused-ring (bicyclic) bond motifs is 1. The molecule has 2 saturated carbocycles. The fourth-order valence-electron chi connectivity index (χ4n) is 5.73. The van der Waals surface area contributed by atoms with Crippen LogP contribution >= 0.6 is 11.8 Å². The molecular formula is C30H32F6N2S. The molecule has 2 fully saturated rings. The fraction of sp³-hybridized carbons (Fsp3) is 0.467. The van der Waals surface area contributed by atoms with Gasteiger partial charge in [-0.15, -0.1) is 11.8 Å². The van der Waals surface area contributed by atoms with E-state index in [2.05, 4.69) is 41.6 Å². The number of thioether (sulfide) groups is 1. The molecule has 0 aromatic heterocycles. The molecule has 210 valence electrons. The molecule has 1 heterocycles. The Morgan fingerprint density at radius 2 is 1.56 bits per heavy atom. The van der Waals surface area contributed by atoms with Crippen LogP contribution in [0.5, 0.6) is 0 Å². The molecule has 0 radical (unpaired) electrons. The highest BCUT2D eigenvalue weighted by Gasteiger charge is 2.57. The van der Waals surface area contributed by atoms with E-state index in [9.17, 15) is 26.3 Å². The van der Waals surface area contributed by atoms with Gasteiger partial charge in [-0.1, -0.05) is 44.2 Å². The predicted molar refractivity (Wildman–Crippen MR) is 143 cm³/mol. The number of rotatable bonds is 9. The minimum Gasteiger partial charge on any atom is -0.358 e. The summed E-state index contributed by atoms with van der Waals surface area (Å²) in [5.41, 5.74) is 3.47. The van der Waals surface area contributed by atoms with E-state index in [0.29, 0.717) is 23.8 Å². The number of allylic oxidation sites excluding steroid dienone is 1. The van der Waals surface area contributed by atoms with Crippen LogP contribution in [0.15, 0.2) is 71.9 Å².